The molecule has 4 fully saturated rings. The van der Waals surface area contributed by atoms with Crippen molar-refractivity contribution in [3.63, 3.8) is 0 Å². The standard InChI is InChI=1S/C18H28O2/c1-18-9-8-14-13-5-3-12(19)10-11(13)2-4-15(14)16(18)6-7-17(18)20/h11-16,19H,2-10H2,1H3/t11-,12+,13?,14+,15+,16-,18?/m0/s1. The molecule has 0 saturated heterocycles. The van der Waals surface area contributed by atoms with Gasteiger partial charge in [0.2, 0.25) is 0 Å². The highest BCUT2D eigenvalue weighted by Crippen LogP contribution is 2.61. The molecular formula is C18H28O2. The van der Waals surface area contributed by atoms with Gasteiger partial charge in [0.25, 0.3) is 0 Å². The molecular weight excluding hydrogens is 248 g/mol. The van der Waals surface area contributed by atoms with E-state index in [1.165, 1.54) is 25.7 Å². The molecule has 0 amide bonds. The Kier molecular flexibility index (Phi) is 3.03. The van der Waals surface area contributed by atoms with Crippen molar-refractivity contribution in [2.24, 2.45) is 35.0 Å². The maximum atomic E-state index is 12.3. The molecule has 0 spiro atoms. The van der Waals surface area contributed by atoms with E-state index in [1.54, 1.807) is 0 Å². The van der Waals surface area contributed by atoms with Crippen molar-refractivity contribution >= 4 is 5.78 Å². The van der Waals surface area contributed by atoms with Crippen molar-refractivity contribution in [3.05, 3.63) is 0 Å². The Hall–Kier alpha value is -0.370. The minimum atomic E-state index is -0.0327. The third-order valence-electron chi connectivity index (χ3n) is 7.64. The van der Waals surface area contributed by atoms with Crippen molar-refractivity contribution in [1.29, 1.82) is 0 Å². The van der Waals surface area contributed by atoms with Crippen LogP contribution in [0.5, 0.6) is 0 Å². The minimum absolute atomic E-state index is 0.0299. The van der Waals surface area contributed by atoms with E-state index in [-0.39, 0.29) is 11.5 Å². The molecule has 0 bridgehead atoms. The predicted molar refractivity (Wildman–Crippen MR) is 78.1 cm³/mol. The molecule has 4 aliphatic carbocycles. The first-order valence-electron chi connectivity index (χ1n) is 8.81. The second-order valence-electron chi connectivity index (χ2n) is 8.32. The summed E-state index contributed by atoms with van der Waals surface area (Å²) in [6.07, 6.45) is 10.3. The summed E-state index contributed by atoms with van der Waals surface area (Å²) in [4.78, 5) is 12.3. The molecule has 2 heteroatoms. The number of carbonyl (C=O) groups excluding carboxylic acids is 1. The summed E-state index contributed by atoms with van der Waals surface area (Å²) in [5.74, 6) is 4.56. The lowest BCUT2D eigenvalue weighted by Gasteiger charge is -2.54. The van der Waals surface area contributed by atoms with Gasteiger partial charge < -0.3 is 5.11 Å². The molecule has 2 nitrogen and oxygen atoms in total. The van der Waals surface area contributed by atoms with Crippen LogP contribution in [-0.4, -0.2) is 17.0 Å². The number of ketones is 1. The SMILES string of the molecule is CC12CC[C@@H]3C4CC[C@@H](O)C[C@@H]4CC[C@H]3[C@@H]1CCC2=O. The van der Waals surface area contributed by atoms with Crippen LogP contribution >= 0.6 is 0 Å². The Morgan fingerprint density at radius 2 is 1.80 bits per heavy atom. The fraction of sp³-hybridized carbons (Fsp3) is 0.944. The van der Waals surface area contributed by atoms with Crippen LogP contribution in [0.1, 0.15) is 64.7 Å². The Balaban J connectivity index is 1.58. The molecule has 1 N–H and O–H groups in total. The summed E-state index contributed by atoms with van der Waals surface area (Å²) in [5.41, 5.74) is 0.0299. The summed E-state index contributed by atoms with van der Waals surface area (Å²) in [6, 6.07) is 0. The van der Waals surface area contributed by atoms with Gasteiger partial charge >= 0.3 is 0 Å². The van der Waals surface area contributed by atoms with Crippen molar-refractivity contribution in [2.75, 3.05) is 0 Å². The van der Waals surface area contributed by atoms with E-state index in [4.69, 9.17) is 0 Å². The topological polar surface area (TPSA) is 37.3 Å². The predicted octanol–water partition coefficient (Wildman–Crippen LogP) is 3.57. The van der Waals surface area contributed by atoms with Gasteiger partial charge in [-0.1, -0.05) is 6.92 Å². The first-order valence-corrected chi connectivity index (χ1v) is 8.81. The number of aliphatic hydroxyl groups excluding tert-OH is 1. The first-order chi connectivity index (χ1) is 9.59. The molecule has 7 atom stereocenters. The zero-order valence-corrected chi connectivity index (χ0v) is 12.7. The number of rotatable bonds is 0. The summed E-state index contributed by atoms with van der Waals surface area (Å²) in [5, 5.41) is 9.93. The molecule has 0 heterocycles. The molecule has 4 rings (SSSR count). The normalized spacial score (nSPS) is 55.0. The minimum Gasteiger partial charge on any atom is -0.393 e. The van der Waals surface area contributed by atoms with Gasteiger partial charge in [0, 0.05) is 11.8 Å². The molecule has 4 saturated carbocycles. The largest absolute Gasteiger partial charge is 0.393 e. The van der Waals surface area contributed by atoms with Gasteiger partial charge in [-0.2, -0.15) is 0 Å². The average Bonchev–Trinajstić information content (AvgIpc) is 2.74. The average molecular weight is 276 g/mol. The molecule has 20 heavy (non-hydrogen) atoms. The van der Waals surface area contributed by atoms with Crippen LogP contribution in [0.15, 0.2) is 0 Å². The fourth-order valence-electron chi connectivity index (χ4n) is 6.60. The summed E-state index contributed by atoms with van der Waals surface area (Å²) in [6.45, 7) is 2.26. The Bertz CT molecular complexity index is 418. The highest BCUT2D eigenvalue weighted by molar-refractivity contribution is 5.87. The Morgan fingerprint density at radius 3 is 2.65 bits per heavy atom. The van der Waals surface area contributed by atoms with Crippen LogP contribution in [0.4, 0.5) is 0 Å². The number of hydrogen-bond acceptors (Lipinski definition) is 2. The first kappa shape index (κ1) is 13.3. The molecule has 0 aromatic rings. The van der Waals surface area contributed by atoms with Crippen LogP contribution in [-0.2, 0) is 4.79 Å². The molecule has 4 aliphatic rings. The maximum absolute atomic E-state index is 12.3. The highest BCUT2D eigenvalue weighted by atomic mass is 16.3. The number of aliphatic hydroxyl groups is 1. The van der Waals surface area contributed by atoms with Gasteiger partial charge in [0.05, 0.1) is 6.10 Å². The fourth-order valence-corrected chi connectivity index (χ4v) is 6.60. The van der Waals surface area contributed by atoms with E-state index >= 15 is 0 Å². The smallest absolute Gasteiger partial charge is 0.139 e. The lowest BCUT2D eigenvalue weighted by Crippen LogP contribution is -2.49. The lowest BCUT2D eigenvalue weighted by atomic mass is 9.50. The van der Waals surface area contributed by atoms with Gasteiger partial charge in [0.15, 0.2) is 0 Å². The van der Waals surface area contributed by atoms with Gasteiger partial charge in [-0.15, -0.1) is 0 Å². The molecule has 112 valence electrons. The van der Waals surface area contributed by atoms with Gasteiger partial charge in [-0.3, -0.25) is 4.79 Å². The molecule has 0 aromatic heterocycles. The van der Waals surface area contributed by atoms with Gasteiger partial charge in [-0.25, -0.2) is 0 Å². The van der Waals surface area contributed by atoms with Gasteiger partial charge in [-0.05, 0) is 81.0 Å². The number of Topliss-reactive ketones (excluding diaryl/α,β-unsaturated/α-hetero) is 1. The van der Waals surface area contributed by atoms with Crippen molar-refractivity contribution < 1.29 is 9.90 Å². The summed E-state index contributed by atoms with van der Waals surface area (Å²) in [7, 11) is 0. The molecule has 2 unspecified atom stereocenters. The van der Waals surface area contributed by atoms with Crippen LogP contribution in [0.3, 0.4) is 0 Å². The van der Waals surface area contributed by atoms with E-state index in [2.05, 4.69) is 6.92 Å². The molecule has 0 aromatic carbocycles. The number of carbonyl (C=O) groups is 1. The van der Waals surface area contributed by atoms with E-state index in [9.17, 15) is 9.90 Å². The van der Waals surface area contributed by atoms with Crippen LogP contribution in [0.2, 0.25) is 0 Å². The van der Waals surface area contributed by atoms with Crippen LogP contribution in [0, 0.1) is 35.0 Å². The third-order valence-corrected chi connectivity index (χ3v) is 7.64. The summed E-state index contributed by atoms with van der Waals surface area (Å²) >= 11 is 0. The van der Waals surface area contributed by atoms with E-state index in [0.29, 0.717) is 11.7 Å². The van der Waals surface area contributed by atoms with Crippen LogP contribution in [0.25, 0.3) is 0 Å². The number of fused-ring (bicyclic) bond motifs is 5. The van der Waals surface area contributed by atoms with Crippen molar-refractivity contribution in [3.8, 4) is 0 Å². The Morgan fingerprint density at radius 1 is 1.00 bits per heavy atom. The maximum Gasteiger partial charge on any atom is 0.139 e. The van der Waals surface area contributed by atoms with Crippen molar-refractivity contribution in [1.82, 2.24) is 0 Å². The monoisotopic (exact) mass is 276 g/mol. The van der Waals surface area contributed by atoms with E-state index in [0.717, 1.165) is 55.8 Å². The lowest BCUT2D eigenvalue weighted by molar-refractivity contribution is -0.133. The quantitative estimate of drug-likeness (QED) is 0.734. The third kappa shape index (κ3) is 1.76. The van der Waals surface area contributed by atoms with Crippen molar-refractivity contribution in [2.45, 2.75) is 70.8 Å². The zero-order chi connectivity index (χ0) is 13.9. The Labute approximate surface area is 122 Å². The second kappa shape index (κ2) is 4.56. The summed E-state index contributed by atoms with van der Waals surface area (Å²) < 4.78 is 0. The zero-order valence-electron chi connectivity index (χ0n) is 12.7. The number of hydrogen-bond donors (Lipinski definition) is 1. The van der Waals surface area contributed by atoms with Gasteiger partial charge in [0.1, 0.15) is 5.78 Å². The highest BCUT2D eigenvalue weighted by Gasteiger charge is 2.56. The van der Waals surface area contributed by atoms with E-state index in [1.807, 2.05) is 0 Å². The van der Waals surface area contributed by atoms with Crippen LogP contribution < -0.4 is 0 Å². The molecule has 0 radical (unpaired) electrons. The second-order valence-corrected chi connectivity index (χ2v) is 8.32. The van der Waals surface area contributed by atoms with E-state index < -0.39 is 0 Å². The molecule has 0 aliphatic heterocycles.